The molecular formula is C21H20N2O3. The molecule has 2 aromatic carbocycles. The van der Waals surface area contributed by atoms with E-state index in [0.717, 1.165) is 24.9 Å². The Hall–Kier alpha value is -2.82. The highest BCUT2D eigenvalue weighted by Gasteiger charge is 2.61. The SMILES string of the molecule is COC(=O)N1C(=O)[C@@]2(Cc3ccccc3N3CCC[C@H]32)c2ccccc21. The lowest BCUT2D eigenvalue weighted by atomic mass is 9.67. The first-order chi connectivity index (χ1) is 12.7. The second-order valence-electron chi connectivity index (χ2n) is 7.26. The molecule has 5 rings (SSSR count). The molecule has 0 bridgehead atoms. The minimum Gasteiger partial charge on any atom is -0.452 e. The normalized spacial score (nSPS) is 25.9. The van der Waals surface area contributed by atoms with Crippen LogP contribution in [0, 0.1) is 0 Å². The molecule has 0 N–H and O–H groups in total. The third-order valence-electron chi connectivity index (χ3n) is 6.16. The molecule has 0 aliphatic carbocycles. The standard InChI is InChI=1S/C21H20N2O3/c1-26-20(25)23-17-10-5-3-8-15(17)21(19(23)24)13-14-7-2-4-9-16(14)22-12-6-11-18(21)22/h2-5,7-10,18H,6,11-13H2,1H3/t18-,21-/m0/s1. The van der Waals surface area contributed by atoms with Gasteiger partial charge in [0.2, 0.25) is 5.91 Å². The van der Waals surface area contributed by atoms with E-state index in [4.69, 9.17) is 4.74 Å². The molecule has 3 aliphatic rings. The van der Waals surface area contributed by atoms with E-state index in [1.54, 1.807) is 0 Å². The Labute approximate surface area is 152 Å². The number of rotatable bonds is 0. The van der Waals surface area contributed by atoms with Crippen LogP contribution in [0.1, 0.15) is 24.0 Å². The van der Waals surface area contributed by atoms with Gasteiger partial charge in [-0.3, -0.25) is 4.79 Å². The first-order valence-electron chi connectivity index (χ1n) is 9.05. The maximum atomic E-state index is 13.7. The molecule has 0 radical (unpaired) electrons. The van der Waals surface area contributed by atoms with E-state index in [-0.39, 0.29) is 11.9 Å². The van der Waals surface area contributed by atoms with Crippen LogP contribution in [-0.2, 0) is 21.4 Å². The maximum absolute atomic E-state index is 13.7. The number of anilines is 2. The summed E-state index contributed by atoms with van der Waals surface area (Å²) in [5.41, 5.74) is 3.27. The number of benzene rings is 2. The van der Waals surface area contributed by atoms with E-state index < -0.39 is 11.5 Å². The highest BCUT2D eigenvalue weighted by Crippen LogP contribution is 2.54. The van der Waals surface area contributed by atoms with Crippen molar-refractivity contribution in [1.29, 1.82) is 0 Å². The summed E-state index contributed by atoms with van der Waals surface area (Å²) >= 11 is 0. The number of carbonyl (C=O) groups excluding carboxylic acids is 2. The second kappa shape index (κ2) is 5.34. The number of nitrogens with zero attached hydrogens (tertiary/aromatic N) is 2. The largest absolute Gasteiger partial charge is 0.452 e. The highest BCUT2D eigenvalue weighted by molar-refractivity contribution is 6.22. The van der Waals surface area contributed by atoms with Gasteiger partial charge in [0.05, 0.1) is 12.8 Å². The van der Waals surface area contributed by atoms with Gasteiger partial charge >= 0.3 is 6.09 Å². The molecule has 2 aromatic rings. The van der Waals surface area contributed by atoms with E-state index in [1.807, 2.05) is 30.3 Å². The number of hydrogen-bond acceptors (Lipinski definition) is 4. The third kappa shape index (κ3) is 1.75. The van der Waals surface area contributed by atoms with Crippen LogP contribution < -0.4 is 9.80 Å². The third-order valence-corrected chi connectivity index (χ3v) is 6.16. The van der Waals surface area contributed by atoms with Gasteiger partial charge < -0.3 is 9.64 Å². The Kier molecular flexibility index (Phi) is 3.17. The molecule has 1 saturated heterocycles. The molecule has 132 valence electrons. The average Bonchev–Trinajstić information content (AvgIpc) is 3.25. The number of ether oxygens (including phenoxy) is 1. The Morgan fingerprint density at radius 2 is 1.85 bits per heavy atom. The first-order valence-corrected chi connectivity index (χ1v) is 9.05. The molecule has 0 aromatic heterocycles. The van der Waals surface area contributed by atoms with E-state index >= 15 is 0 Å². The molecule has 0 saturated carbocycles. The average molecular weight is 348 g/mol. The number of methoxy groups -OCH3 is 1. The lowest BCUT2D eigenvalue weighted by molar-refractivity contribution is -0.123. The van der Waals surface area contributed by atoms with Gasteiger partial charge in [-0.15, -0.1) is 0 Å². The van der Waals surface area contributed by atoms with Crippen molar-refractivity contribution in [3.63, 3.8) is 0 Å². The Morgan fingerprint density at radius 3 is 2.65 bits per heavy atom. The molecule has 5 heteroatoms. The van der Waals surface area contributed by atoms with Crippen LogP contribution in [0.5, 0.6) is 0 Å². The predicted octanol–water partition coefficient (Wildman–Crippen LogP) is 3.26. The van der Waals surface area contributed by atoms with Gasteiger partial charge in [-0.2, -0.15) is 0 Å². The summed E-state index contributed by atoms with van der Waals surface area (Å²) in [7, 11) is 1.32. The Morgan fingerprint density at radius 1 is 1.12 bits per heavy atom. The molecule has 1 spiro atoms. The van der Waals surface area contributed by atoms with Crippen LogP contribution in [-0.4, -0.2) is 31.7 Å². The van der Waals surface area contributed by atoms with Crippen molar-refractivity contribution < 1.29 is 14.3 Å². The van der Waals surface area contributed by atoms with Crippen molar-refractivity contribution in [3.8, 4) is 0 Å². The number of fused-ring (bicyclic) bond motifs is 6. The fraction of sp³-hybridized carbons (Fsp3) is 0.333. The summed E-state index contributed by atoms with van der Waals surface area (Å²) in [6.45, 7) is 0.942. The van der Waals surface area contributed by atoms with E-state index in [1.165, 1.54) is 23.3 Å². The first kappa shape index (κ1) is 15.4. The van der Waals surface area contributed by atoms with Crippen molar-refractivity contribution in [2.75, 3.05) is 23.5 Å². The van der Waals surface area contributed by atoms with E-state index in [9.17, 15) is 9.59 Å². The van der Waals surface area contributed by atoms with E-state index in [2.05, 4.69) is 23.1 Å². The van der Waals surface area contributed by atoms with Gasteiger partial charge in [-0.1, -0.05) is 36.4 Å². The van der Waals surface area contributed by atoms with Gasteiger partial charge in [-0.05, 0) is 42.5 Å². The summed E-state index contributed by atoms with van der Waals surface area (Å²) in [6, 6.07) is 16.1. The van der Waals surface area contributed by atoms with E-state index in [0.29, 0.717) is 12.1 Å². The minimum atomic E-state index is -0.727. The molecule has 26 heavy (non-hydrogen) atoms. The summed E-state index contributed by atoms with van der Waals surface area (Å²) in [4.78, 5) is 29.7. The van der Waals surface area contributed by atoms with Crippen LogP contribution in [0.15, 0.2) is 48.5 Å². The monoisotopic (exact) mass is 348 g/mol. The molecule has 2 atom stereocenters. The van der Waals surface area contributed by atoms with Crippen LogP contribution in [0.25, 0.3) is 0 Å². The van der Waals surface area contributed by atoms with Crippen LogP contribution in [0.2, 0.25) is 0 Å². The van der Waals surface area contributed by atoms with Crippen LogP contribution in [0.3, 0.4) is 0 Å². The Balaban J connectivity index is 1.76. The molecule has 1 fully saturated rings. The van der Waals surface area contributed by atoms with Crippen molar-refractivity contribution in [2.45, 2.75) is 30.7 Å². The summed E-state index contributed by atoms with van der Waals surface area (Å²) in [5.74, 6) is -0.156. The topological polar surface area (TPSA) is 49.9 Å². The number of para-hydroxylation sites is 2. The zero-order valence-corrected chi connectivity index (χ0v) is 14.6. The summed E-state index contributed by atoms with van der Waals surface area (Å²) in [6.07, 6.45) is 2.01. The number of amides is 2. The van der Waals surface area contributed by atoms with Crippen LogP contribution in [0.4, 0.5) is 16.2 Å². The van der Waals surface area contributed by atoms with Gasteiger partial charge in [0.15, 0.2) is 0 Å². The number of imide groups is 1. The summed E-state index contributed by atoms with van der Waals surface area (Å²) in [5, 5.41) is 0. The molecule has 3 heterocycles. The van der Waals surface area contributed by atoms with Crippen molar-refractivity contribution in [1.82, 2.24) is 0 Å². The summed E-state index contributed by atoms with van der Waals surface area (Å²) < 4.78 is 4.93. The fourth-order valence-corrected chi connectivity index (χ4v) is 5.16. The van der Waals surface area contributed by atoms with Crippen molar-refractivity contribution >= 4 is 23.4 Å². The van der Waals surface area contributed by atoms with Gasteiger partial charge in [0.1, 0.15) is 5.41 Å². The number of carbonyl (C=O) groups is 2. The fourth-order valence-electron chi connectivity index (χ4n) is 5.16. The maximum Gasteiger partial charge on any atom is 0.420 e. The van der Waals surface area contributed by atoms with Crippen molar-refractivity contribution in [2.24, 2.45) is 0 Å². The lowest BCUT2D eigenvalue weighted by Gasteiger charge is -2.45. The Bertz CT molecular complexity index is 925. The zero-order chi connectivity index (χ0) is 17.9. The lowest BCUT2D eigenvalue weighted by Crippen LogP contribution is -2.58. The zero-order valence-electron chi connectivity index (χ0n) is 14.6. The van der Waals surface area contributed by atoms with Crippen molar-refractivity contribution in [3.05, 3.63) is 59.7 Å². The van der Waals surface area contributed by atoms with Gasteiger partial charge in [0.25, 0.3) is 0 Å². The minimum absolute atomic E-state index is 0.0701. The molecule has 3 aliphatic heterocycles. The van der Waals surface area contributed by atoms with Crippen LogP contribution >= 0.6 is 0 Å². The van der Waals surface area contributed by atoms with Gasteiger partial charge in [0, 0.05) is 18.3 Å². The highest BCUT2D eigenvalue weighted by atomic mass is 16.5. The number of hydrogen-bond donors (Lipinski definition) is 0. The molecule has 5 nitrogen and oxygen atoms in total. The van der Waals surface area contributed by atoms with Gasteiger partial charge in [-0.25, -0.2) is 9.69 Å². The quantitative estimate of drug-likeness (QED) is 0.733. The second-order valence-corrected chi connectivity index (χ2v) is 7.26. The molecule has 0 unspecified atom stereocenters. The predicted molar refractivity (Wildman–Crippen MR) is 98.5 cm³/mol. The molecule has 2 amide bonds. The smallest absolute Gasteiger partial charge is 0.420 e. The molecular weight excluding hydrogens is 328 g/mol.